The zero-order valence-electron chi connectivity index (χ0n) is 12.5. The van der Waals surface area contributed by atoms with Crippen molar-refractivity contribution in [2.45, 2.75) is 0 Å². The maximum Gasteiger partial charge on any atom is 0.274 e. The van der Waals surface area contributed by atoms with Crippen LogP contribution in [0.15, 0.2) is 66.9 Å². The van der Waals surface area contributed by atoms with Crippen LogP contribution in [0.5, 0.6) is 0 Å². The van der Waals surface area contributed by atoms with Crippen LogP contribution >= 0.6 is 23.2 Å². The van der Waals surface area contributed by atoms with Crippen LogP contribution in [0.25, 0.3) is 0 Å². The van der Waals surface area contributed by atoms with Gasteiger partial charge in [-0.15, -0.1) is 0 Å². The fourth-order valence-electron chi connectivity index (χ4n) is 2.06. The number of hydrogen-bond donors (Lipinski definition) is 2. The molecule has 3 aromatic rings. The Morgan fingerprint density at radius 3 is 2.25 bits per heavy atom. The van der Waals surface area contributed by atoms with Gasteiger partial charge < -0.3 is 10.6 Å². The van der Waals surface area contributed by atoms with Gasteiger partial charge in [-0.05, 0) is 42.5 Å². The average Bonchev–Trinajstić information content (AvgIpc) is 2.60. The summed E-state index contributed by atoms with van der Waals surface area (Å²) in [6.45, 7) is 0. The Hall–Kier alpha value is -2.56. The van der Waals surface area contributed by atoms with Gasteiger partial charge in [-0.1, -0.05) is 41.4 Å². The van der Waals surface area contributed by atoms with Crippen LogP contribution in [-0.2, 0) is 0 Å². The predicted octanol–water partition coefficient (Wildman–Crippen LogP) is 5.38. The van der Waals surface area contributed by atoms with Crippen molar-refractivity contribution >= 4 is 46.2 Å². The minimum Gasteiger partial charge on any atom is -0.354 e. The number of pyridine rings is 1. The Kier molecular flexibility index (Phi) is 4.99. The lowest BCUT2D eigenvalue weighted by molar-refractivity contribution is 0.102. The van der Waals surface area contributed by atoms with E-state index in [4.69, 9.17) is 23.2 Å². The minimum absolute atomic E-state index is 0.262. The van der Waals surface area contributed by atoms with Crippen LogP contribution in [0.2, 0.25) is 10.0 Å². The van der Waals surface area contributed by atoms with Gasteiger partial charge in [0.1, 0.15) is 5.69 Å². The number of nitrogens with zero attached hydrogens (tertiary/aromatic N) is 1. The van der Waals surface area contributed by atoms with Crippen molar-refractivity contribution in [3.8, 4) is 0 Å². The lowest BCUT2D eigenvalue weighted by Crippen LogP contribution is -2.13. The van der Waals surface area contributed by atoms with Gasteiger partial charge in [-0.25, -0.2) is 4.98 Å². The van der Waals surface area contributed by atoms with E-state index in [1.807, 2.05) is 36.4 Å². The summed E-state index contributed by atoms with van der Waals surface area (Å²) >= 11 is 11.9. The van der Waals surface area contributed by atoms with Crippen LogP contribution < -0.4 is 10.6 Å². The van der Waals surface area contributed by atoms with E-state index in [0.717, 1.165) is 17.1 Å². The molecule has 0 saturated heterocycles. The number of hydrogen-bond acceptors (Lipinski definition) is 3. The third-order valence-corrected chi connectivity index (χ3v) is 3.98. The monoisotopic (exact) mass is 357 g/mol. The van der Waals surface area contributed by atoms with Crippen molar-refractivity contribution in [1.29, 1.82) is 0 Å². The summed E-state index contributed by atoms with van der Waals surface area (Å²) in [5, 5.41) is 6.90. The predicted molar refractivity (Wildman–Crippen MR) is 98.4 cm³/mol. The first-order chi connectivity index (χ1) is 11.6. The first kappa shape index (κ1) is 16.3. The van der Waals surface area contributed by atoms with Gasteiger partial charge in [0.25, 0.3) is 5.91 Å². The SMILES string of the molecule is O=C(Nc1ccccc1)c1ccc(Nc2ccc(Cl)c(Cl)c2)cn1. The molecule has 0 saturated carbocycles. The summed E-state index contributed by atoms with van der Waals surface area (Å²) < 4.78 is 0. The molecule has 0 aliphatic carbocycles. The molecule has 3 rings (SSSR count). The molecule has 0 aliphatic heterocycles. The van der Waals surface area contributed by atoms with Crippen molar-refractivity contribution in [2.75, 3.05) is 10.6 Å². The Labute approximate surface area is 149 Å². The average molecular weight is 358 g/mol. The Balaban J connectivity index is 1.68. The van der Waals surface area contributed by atoms with E-state index in [-0.39, 0.29) is 5.91 Å². The van der Waals surface area contributed by atoms with Crippen LogP contribution in [0.3, 0.4) is 0 Å². The second kappa shape index (κ2) is 7.34. The molecule has 0 atom stereocenters. The summed E-state index contributed by atoms with van der Waals surface area (Å²) in [6, 6.07) is 17.9. The van der Waals surface area contributed by atoms with Crippen LogP contribution in [0, 0.1) is 0 Å². The number of para-hydroxylation sites is 1. The number of anilines is 3. The standard InChI is InChI=1S/C18H13Cl2N3O/c19-15-8-6-13(10-16(15)20)22-14-7-9-17(21-11-14)18(24)23-12-4-2-1-3-5-12/h1-11,22H,(H,23,24). The molecule has 0 fully saturated rings. The normalized spacial score (nSPS) is 10.2. The fourth-order valence-corrected chi connectivity index (χ4v) is 2.36. The number of nitrogens with one attached hydrogen (secondary N) is 2. The minimum atomic E-state index is -0.262. The maximum atomic E-state index is 12.1. The third kappa shape index (κ3) is 4.04. The highest BCUT2D eigenvalue weighted by Crippen LogP contribution is 2.26. The third-order valence-electron chi connectivity index (χ3n) is 3.24. The van der Waals surface area contributed by atoms with Gasteiger partial charge in [-0.3, -0.25) is 4.79 Å². The Morgan fingerprint density at radius 2 is 1.58 bits per heavy atom. The Morgan fingerprint density at radius 1 is 0.833 bits per heavy atom. The molecule has 4 nitrogen and oxygen atoms in total. The first-order valence-corrected chi connectivity index (χ1v) is 7.92. The number of amides is 1. The zero-order chi connectivity index (χ0) is 16.9. The van der Waals surface area contributed by atoms with E-state index in [1.165, 1.54) is 0 Å². The first-order valence-electron chi connectivity index (χ1n) is 7.16. The molecule has 0 unspecified atom stereocenters. The number of rotatable bonds is 4. The zero-order valence-corrected chi connectivity index (χ0v) is 14.0. The molecule has 24 heavy (non-hydrogen) atoms. The molecule has 0 spiro atoms. The highest BCUT2D eigenvalue weighted by molar-refractivity contribution is 6.42. The largest absolute Gasteiger partial charge is 0.354 e. The van der Waals surface area contributed by atoms with Crippen molar-refractivity contribution in [3.05, 3.63) is 82.6 Å². The number of carbonyl (C=O) groups is 1. The summed E-state index contributed by atoms with van der Waals surface area (Å²) in [6.07, 6.45) is 1.59. The molecule has 120 valence electrons. The maximum absolute atomic E-state index is 12.1. The van der Waals surface area contributed by atoms with Crippen molar-refractivity contribution in [2.24, 2.45) is 0 Å². The van der Waals surface area contributed by atoms with Crippen LogP contribution in [0.1, 0.15) is 10.5 Å². The summed E-state index contributed by atoms with van der Waals surface area (Å²) in [5.74, 6) is -0.262. The van der Waals surface area contributed by atoms with E-state index in [2.05, 4.69) is 15.6 Å². The topological polar surface area (TPSA) is 54.0 Å². The quantitative estimate of drug-likeness (QED) is 0.658. The van der Waals surface area contributed by atoms with Gasteiger partial charge >= 0.3 is 0 Å². The molecule has 1 amide bonds. The summed E-state index contributed by atoms with van der Waals surface area (Å²) in [7, 11) is 0. The van der Waals surface area contributed by atoms with Crippen molar-refractivity contribution in [1.82, 2.24) is 4.98 Å². The van der Waals surface area contributed by atoms with E-state index in [9.17, 15) is 4.79 Å². The van der Waals surface area contributed by atoms with Gasteiger partial charge in [0, 0.05) is 11.4 Å². The number of aromatic nitrogens is 1. The second-order valence-corrected chi connectivity index (χ2v) is 5.82. The molecule has 0 bridgehead atoms. The molecule has 1 aromatic heterocycles. The van der Waals surface area contributed by atoms with Crippen LogP contribution in [0.4, 0.5) is 17.1 Å². The van der Waals surface area contributed by atoms with Gasteiger partial charge in [0.2, 0.25) is 0 Å². The molecular weight excluding hydrogens is 345 g/mol. The second-order valence-electron chi connectivity index (χ2n) is 5.01. The number of carbonyl (C=O) groups excluding carboxylic acids is 1. The molecule has 0 radical (unpaired) electrons. The summed E-state index contributed by atoms with van der Waals surface area (Å²) in [5.41, 5.74) is 2.58. The van der Waals surface area contributed by atoms with E-state index < -0.39 is 0 Å². The molecular formula is C18H13Cl2N3O. The van der Waals surface area contributed by atoms with Crippen molar-refractivity contribution < 1.29 is 4.79 Å². The van der Waals surface area contributed by atoms with Gasteiger partial charge in [0.05, 0.1) is 21.9 Å². The highest BCUT2D eigenvalue weighted by atomic mass is 35.5. The lowest BCUT2D eigenvalue weighted by Gasteiger charge is -2.08. The highest BCUT2D eigenvalue weighted by Gasteiger charge is 2.08. The number of benzene rings is 2. The van der Waals surface area contributed by atoms with Gasteiger partial charge in [0.15, 0.2) is 0 Å². The Bertz CT molecular complexity index is 852. The molecule has 0 aliphatic rings. The molecule has 2 aromatic carbocycles. The van der Waals surface area contributed by atoms with E-state index in [0.29, 0.717) is 15.7 Å². The fraction of sp³-hybridized carbons (Fsp3) is 0. The van der Waals surface area contributed by atoms with Crippen LogP contribution in [-0.4, -0.2) is 10.9 Å². The molecule has 2 N–H and O–H groups in total. The van der Waals surface area contributed by atoms with E-state index >= 15 is 0 Å². The molecule has 6 heteroatoms. The summed E-state index contributed by atoms with van der Waals surface area (Å²) in [4.78, 5) is 16.3. The molecule has 1 heterocycles. The number of halogens is 2. The lowest BCUT2D eigenvalue weighted by atomic mass is 10.2. The van der Waals surface area contributed by atoms with Gasteiger partial charge in [-0.2, -0.15) is 0 Å². The smallest absolute Gasteiger partial charge is 0.274 e. The van der Waals surface area contributed by atoms with Crippen molar-refractivity contribution in [3.63, 3.8) is 0 Å². The van der Waals surface area contributed by atoms with E-state index in [1.54, 1.807) is 30.5 Å².